The highest BCUT2D eigenvalue weighted by molar-refractivity contribution is 5.93. The minimum Gasteiger partial charge on any atom is -0.493 e. The molecule has 1 aromatic carbocycles. The van der Waals surface area contributed by atoms with Gasteiger partial charge in [0.05, 0.1) is 27.9 Å². The maximum atomic E-state index is 11.9. The molecule has 1 unspecified atom stereocenters. The number of methoxy groups -OCH3 is 2. The predicted octanol–water partition coefficient (Wildman–Crippen LogP) is 0.380. The summed E-state index contributed by atoms with van der Waals surface area (Å²) < 4.78 is 15.2. The molecule has 0 radical (unpaired) electrons. The molecule has 0 spiro atoms. The van der Waals surface area contributed by atoms with Crippen LogP contribution in [0.4, 0.5) is 4.79 Å². The fourth-order valence-corrected chi connectivity index (χ4v) is 2.06. The number of hydrogen-bond acceptors (Lipinski definition) is 5. The summed E-state index contributed by atoms with van der Waals surface area (Å²) in [6, 6.07) is 5.26. The lowest BCUT2D eigenvalue weighted by Gasteiger charge is -2.21. The molecule has 7 heteroatoms. The molecule has 0 saturated carbocycles. The molecule has 0 fully saturated rings. The predicted molar refractivity (Wildman–Crippen MR) is 84.8 cm³/mol. The maximum Gasteiger partial charge on any atom is 0.413 e. The van der Waals surface area contributed by atoms with Crippen molar-refractivity contribution >= 4 is 12.0 Å². The molecule has 1 aromatic rings. The van der Waals surface area contributed by atoms with E-state index < -0.39 is 12.1 Å². The second-order valence-corrected chi connectivity index (χ2v) is 5.14. The van der Waals surface area contributed by atoms with Gasteiger partial charge in [0.1, 0.15) is 6.54 Å². The number of carbonyl (C=O) groups excluding carboxylic acids is 2. The summed E-state index contributed by atoms with van der Waals surface area (Å²) in [7, 11) is 4.69. The molecule has 0 aromatic heterocycles. The van der Waals surface area contributed by atoms with E-state index in [9.17, 15) is 9.59 Å². The lowest BCUT2D eigenvalue weighted by molar-refractivity contribution is -0.908. The number of benzene rings is 1. The first-order valence-electron chi connectivity index (χ1n) is 7.43. The van der Waals surface area contributed by atoms with Crippen molar-refractivity contribution in [2.75, 3.05) is 27.9 Å². The van der Waals surface area contributed by atoms with Crippen LogP contribution >= 0.6 is 0 Å². The Morgan fingerprint density at radius 3 is 2.52 bits per heavy atom. The van der Waals surface area contributed by atoms with Gasteiger partial charge in [-0.3, -0.25) is 10.1 Å². The van der Waals surface area contributed by atoms with Crippen molar-refractivity contribution in [3.63, 3.8) is 0 Å². The van der Waals surface area contributed by atoms with Gasteiger partial charge in [0, 0.05) is 5.56 Å². The molecule has 2 N–H and O–H groups in total. The molecule has 1 rings (SSSR count). The first kappa shape index (κ1) is 18.8. The van der Waals surface area contributed by atoms with Gasteiger partial charge in [-0.25, -0.2) is 4.79 Å². The lowest BCUT2D eigenvalue weighted by Crippen LogP contribution is -3.12. The summed E-state index contributed by atoms with van der Waals surface area (Å²) in [6.45, 7) is 4.82. The Labute approximate surface area is 136 Å². The van der Waals surface area contributed by atoms with Gasteiger partial charge in [0.25, 0.3) is 5.91 Å². The average molecular weight is 325 g/mol. The average Bonchev–Trinajstić information content (AvgIpc) is 2.55. The standard InChI is InChI=1S/C16H24N2O5/c1-6-23-13-8-7-12(9-14(13)21-4)10-18(3)11(2)15(19)17-16(20)22-5/h7-9,11H,6,10H2,1-5H3,(H,17,19,20)/p+1/t11-/m1/s1. The quantitative estimate of drug-likeness (QED) is 0.758. The number of ether oxygens (including phenoxy) is 3. The van der Waals surface area contributed by atoms with Gasteiger partial charge in [-0.1, -0.05) is 0 Å². The van der Waals surface area contributed by atoms with Crippen molar-refractivity contribution in [3.8, 4) is 11.5 Å². The number of carbonyl (C=O) groups is 2. The number of likely N-dealkylation sites (N-methyl/N-ethyl adjacent to an activating group) is 1. The highest BCUT2D eigenvalue weighted by atomic mass is 16.5. The zero-order chi connectivity index (χ0) is 17.4. The van der Waals surface area contributed by atoms with Gasteiger partial charge in [0.2, 0.25) is 0 Å². The van der Waals surface area contributed by atoms with Crippen LogP contribution in [0.5, 0.6) is 11.5 Å². The van der Waals surface area contributed by atoms with E-state index in [1.54, 1.807) is 14.0 Å². The molecular weight excluding hydrogens is 300 g/mol. The summed E-state index contributed by atoms with van der Waals surface area (Å²) in [5, 5.41) is 2.18. The Balaban J connectivity index is 2.74. The largest absolute Gasteiger partial charge is 0.493 e. The van der Waals surface area contributed by atoms with E-state index in [0.717, 1.165) is 10.5 Å². The third kappa shape index (κ3) is 5.45. The van der Waals surface area contributed by atoms with Crippen LogP contribution in [0, 0.1) is 0 Å². The van der Waals surface area contributed by atoms with Crippen LogP contribution in [0.1, 0.15) is 19.4 Å². The Kier molecular flexibility index (Phi) is 7.34. The van der Waals surface area contributed by atoms with Gasteiger partial charge in [-0.2, -0.15) is 0 Å². The minimum absolute atomic E-state index is 0.382. The van der Waals surface area contributed by atoms with E-state index in [-0.39, 0.29) is 5.91 Å². The van der Waals surface area contributed by atoms with Crippen LogP contribution in [0.25, 0.3) is 0 Å². The zero-order valence-electron chi connectivity index (χ0n) is 14.3. The Morgan fingerprint density at radius 2 is 1.96 bits per heavy atom. The van der Waals surface area contributed by atoms with Crippen molar-refractivity contribution in [2.45, 2.75) is 26.4 Å². The minimum atomic E-state index is -0.752. The molecule has 128 valence electrons. The summed E-state index contributed by atoms with van der Waals surface area (Å²) in [6.07, 6.45) is -0.752. The van der Waals surface area contributed by atoms with Crippen molar-refractivity contribution in [3.05, 3.63) is 23.8 Å². The third-order valence-electron chi connectivity index (χ3n) is 3.55. The molecule has 7 nitrogen and oxygen atoms in total. The number of amides is 2. The van der Waals surface area contributed by atoms with E-state index in [1.165, 1.54) is 7.11 Å². The lowest BCUT2D eigenvalue weighted by atomic mass is 10.1. The maximum absolute atomic E-state index is 11.9. The van der Waals surface area contributed by atoms with E-state index in [0.29, 0.717) is 24.7 Å². The fourth-order valence-electron chi connectivity index (χ4n) is 2.06. The van der Waals surface area contributed by atoms with Gasteiger partial charge in [-0.05, 0) is 32.0 Å². The summed E-state index contributed by atoms with van der Waals surface area (Å²) >= 11 is 0. The van der Waals surface area contributed by atoms with Gasteiger partial charge in [-0.15, -0.1) is 0 Å². The molecular formula is C16H25N2O5+. The SMILES string of the molecule is CCOc1ccc(C[NH+](C)[C@H](C)C(=O)NC(=O)OC)cc1OC. The number of hydrogen-bond donors (Lipinski definition) is 2. The molecule has 0 saturated heterocycles. The van der Waals surface area contributed by atoms with Crippen LogP contribution in [0.3, 0.4) is 0 Å². The highest BCUT2D eigenvalue weighted by Gasteiger charge is 2.24. The normalized spacial score (nSPS) is 12.9. The van der Waals surface area contributed by atoms with E-state index in [4.69, 9.17) is 9.47 Å². The van der Waals surface area contributed by atoms with Crippen LogP contribution in [0.15, 0.2) is 18.2 Å². The van der Waals surface area contributed by atoms with Crippen molar-refractivity contribution in [1.82, 2.24) is 5.32 Å². The summed E-state index contributed by atoms with van der Waals surface area (Å²) in [5.74, 6) is 0.962. The van der Waals surface area contributed by atoms with Crippen LogP contribution in [-0.2, 0) is 16.1 Å². The molecule has 0 aliphatic rings. The number of imide groups is 1. The Morgan fingerprint density at radius 1 is 1.26 bits per heavy atom. The molecule has 2 amide bonds. The highest BCUT2D eigenvalue weighted by Crippen LogP contribution is 2.27. The number of rotatable bonds is 7. The number of quaternary nitrogens is 1. The fraction of sp³-hybridized carbons (Fsp3) is 0.500. The Bertz CT molecular complexity index is 547. The molecule has 2 atom stereocenters. The van der Waals surface area contributed by atoms with Gasteiger partial charge in [0.15, 0.2) is 17.5 Å². The molecule has 0 aliphatic carbocycles. The van der Waals surface area contributed by atoms with Crippen molar-refractivity contribution < 1.29 is 28.7 Å². The third-order valence-corrected chi connectivity index (χ3v) is 3.55. The van der Waals surface area contributed by atoms with E-state index >= 15 is 0 Å². The number of alkyl carbamates (subject to hydrolysis) is 1. The van der Waals surface area contributed by atoms with Crippen molar-refractivity contribution in [1.29, 1.82) is 0 Å². The van der Waals surface area contributed by atoms with Crippen molar-refractivity contribution in [2.24, 2.45) is 0 Å². The first-order valence-corrected chi connectivity index (χ1v) is 7.43. The smallest absolute Gasteiger partial charge is 0.413 e. The van der Waals surface area contributed by atoms with Crippen LogP contribution in [0.2, 0.25) is 0 Å². The van der Waals surface area contributed by atoms with Crippen LogP contribution in [-0.4, -0.2) is 45.9 Å². The molecule has 0 heterocycles. The number of nitrogens with one attached hydrogen (secondary N) is 2. The van der Waals surface area contributed by atoms with Gasteiger partial charge >= 0.3 is 6.09 Å². The van der Waals surface area contributed by atoms with E-state index in [2.05, 4.69) is 10.1 Å². The summed E-state index contributed by atoms with van der Waals surface area (Å²) in [4.78, 5) is 24.0. The van der Waals surface area contributed by atoms with E-state index in [1.807, 2.05) is 32.2 Å². The van der Waals surface area contributed by atoms with Gasteiger partial charge < -0.3 is 19.1 Å². The first-order chi connectivity index (χ1) is 10.9. The Hall–Kier alpha value is -2.28. The zero-order valence-corrected chi connectivity index (χ0v) is 14.3. The molecule has 23 heavy (non-hydrogen) atoms. The molecule has 0 aliphatic heterocycles. The monoisotopic (exact) mass is 325 g/mol. The molecule has 0 bridgehead atoms. The second kappa shape index (κ2) is 8.99. The summed E-state index contributed by atoms with van der Waals surface area (Å²) in [5.41, 5.74) is 1.00. The van der Waals surface area contributed by atoms with Crippen LogP contribution < -0.4 is 19.7 Å². The second-order valence-electron chi connectivity index (χ2n) is 5.14. The topological polar surface area (TPSA) is 78.3 Å².